The Morgan fingerprint density at radius 3 is 2.65 bits per heavy atom. The SMILES string of the molecule is COCCC(NC(=O)c1c(F)cccc1OC)C(=O)O. The molecule has 0 saturated carbocycles. The van der Waals surface area contributed by atoms with Crippen LogP contribution >= 0.6 is 0 Å². The molecule has 0 spiro atoms. The Morgan fingerprint density at radius 2 is 2.10 bits per heavy atom. The molecule has 1 unspecified atom stereocenters. The van der Waals surface area contributed by atoms with E-state index in [-0.39, 0.29) is 24.3 Å². The summed E-state index contributed by atoms with van der Waals surface area (Å²) in [5.74, 6) is -2.80. The van der Waals surface area contributed by atoms with Crippen molar-refractivity contribution < 1.29 is 28.6 Å². The number of rotatable bonds is 7. The molecule has 0 fully saturated rings. The fraction of sp³-hybridized carbons (Fsp3) is 0.385. The second kappa shape index (κ2) is 7.44. The molecular weight excluding hydrogens is 269 g/mol. The Bertz CT molecular complexity index is 492. The van der Waals surface area contributed by atoms with Gasteiger partial charge in [-0.1, -0.05) is 6.07 Å². The fourth-order valence-corrected chi connectivity index (χ4v) is 1.62. The Kier molecular flexibility index (Phi) is 5.92. The van der Waals surface area contributed by atoms with Gasteiger partial charge in [-0.3, -0.25) is 4.79 Å². The van der Waals surface area contributed by atoms with Crippen LogP contribution in [0.25, 0.3) is 0 Å². The molecule has 0 heterocycles. The first kappa shape index (κ1) is 15.9. The van der Waals surface area contributed by atoms with Gasteiger partial charge in [-0.2, -0.15) is 0 Å². The minimum absolute atomic E-state index is 0.0402. The lowest BCUT2D eigenvalue weighted by Gasteiger charge is -2.15. The number of benzene rings is 1. The lowest BCUT2D eigenvalue weighted by Crippen LogP contribution is -2.41. The summed E-state index contributed by atoms with van der Waals surface area (Å²) in [6.45, 7) is 0.158. The van der Waals surface area contributed by atoms with Crippen LogP contribution in [-0.2, 0) is 9.53 Å². The van der Waals surface area contributed by atoms with Gasteiger partial charge in [0.1, 0.15) is 23.2 Å². The van der Waals surface area contributed by atoms with E-state index in [1.165, 1.54) is 26.4 Å². The zero-order valence-electron chi connectivity index (χ0n) is 11.2. The molecule has 0 aliphatic heterocycles. The van der Waals surface area contributed by atoms with Crippen LogP contribution in [-0.4, -0.2) is 43.9 Å². The number of halogens is 1. The number of carbonyl (C=O) groups is 2. The van der Waals surface area contributed by atoms with Crippen LogP contribution in [0.2, 0.25) is 0 Å². The van der Waals surface area contributed by atoms with E-state index < -0.39 is 23.7 Å². The Labute approximate surface area is 115 Å². The number of hydrogen-bond acceptors (Lipinski definition) is 4. The van der Waals surface area contributed by atoms with Gasteiger partial charge in [0.05, 0.1) is 7.11 Å². The molecule has 0 bridgehead atoms. The summed E-state index contributed by atoms with van der Waals surface area (Å²) in [5.41, 5.74) is -0.321. The first-order valence-electron chi connectivity index (χ1n) is 5.86. The number of methoxy groups -OCH3 is 2. The summed E-state index contributed by atoms with van der Waals surface area (Å²) < 4.78 is 23.3. The summed E-state index contributed by atoms with van der Waals surface area (Å²) >= 11 is 0. The second-order valence-electron chi connectivity index (χ2n) is 3.96. The first-order valence-corrected chi connectivity index (χ1v) is 5.86. The summed E-state index contributed by atoms with van der Waals surface area (Å²) in [5, 5.41) is 11.2. The number of ether oxygens (including phenoxy) is 2. The number of carboxylic acid groups (broad SMARTS) is 1. The average molecular weight is 285 g/mol. The summed E-state index contributed by atoms with van der Waals surface area (Å²) in [6, 6.07) is 2.75. The minimum Gasteiger partial charge on any atom is -0.496 e. The number of nitrogens with one attached hydrogen (secondary N) is 1. The number of carboxylic acids is 1. The van der Waals surface area contributed by atoms with Gasteiger partial charge in [-0.15, -0.1) is 0 Å². The van der Waals surface area contributed by atoms with Gasteiger partial charge >= 0.3 is 5.97 Å². The molecule has 6 nitrogen and oxygen atoms in total. The predicted octanol–water partition coefficient (Wildman–Crippen LogP) is 1.05. The lowest BCUT2D eigenvalue weighted by molar-refractivity contribution is -0.139. The molecule has 0 radical (unpaired) electrons. The van der Waals surface area contributed by atoms with Crippen molar-refractivity contribution in [2.24, 2.45) is 0 Å². The Balaban J connectivity index is 2.91. The van der Waals surface area contributed by atoms with Crippen molar-refractivity contribution in [1.29, 1.82) is 0 Å². The molecule has 0 aliphatic carbocycles. The van der Waals surface area contributed by atoms with Crippen LogP contribution in [0.1, 0.15) is 16.8 Å². The van der Waals surface area contributed by atoms with Crippen LogP contribution < -0.4 is 10.1 Å². The molecule has 7 heteroatoms. The number of amides is 1. The third-order valence-electron chi connectivity index (χ3n) is 2.64. The quantitative estimate of drug-likeness (QED) is 0.782. The topological polar surface area (TPSA) is 84.9 Å². The van der Waals surface area contributed by atoms with Crippen LogP contribution in [0.4, 0.5) is 4.39 Å². The number of hydrogen-bond donors (Lipinski definition) is 2. The molecule has 1 aromatic rings. The zero-order chi connectivity index (χ0) is 15.1. The molecule has 0 saturated heterocycles. The standard InChI is InChI=1S/C13H16FNO5/c1-19-7-6-9(13(17)18)15-12(16)11-8(14)4-3-5-10(11)20-2/h3-5,9H,6-7H2,1-2H3,(H,15,16)(H,17,18). The highest BCUT2D eigenvalue weighted by atomic mass is 19.1. The molecule has 0 aromatic heterocycles. The van der Waals surface area contributed by atoms with E-state index in [0.29, 0.717) is 0 Å². The normalized spacial score (nSPS) is 11.8. The molecule has 0 aliphatic rings. The van der Waals surface area contributed by atoms with E-state index in [1.54, 1.807) is 0 Å². The van der Waals surface area contributed by atoms with Gasteiger partial charge in [0, 0.05) is 20.1 Å². The highest BCUT2D eigenvalue weighted by molar-refractivity contribution is 5.99. The lowest BCUT2D eigenvalue weighted by atomic mass is 10.1. The van der Waals surface area contributed by atoms with Crippen molar-refractivity contribution in [3.63, 3.8) is 0 Å². The Morgan fingerprint density at radius 1 is 1.40 bits per heavy atom. The highest BCUT2D eigenvalue weighted by Crippen LogP contribution is 2.21. The Hall–Kier alpha value is -2.15. The predicted molar refractivity (Wildman–Crippen MR) is 68.3 cm³/mol. The van der Waals surface area contributed by atoms with E-state index >= 15 is 0 Å². The van der Waals surface area contributed by atoms with E-state index in [0.717, 1.165) is 6.07 Å². The molecule has 1 rings (SSSR count). The van der Waals surface area contributed by atoms with Gasteiger partial charge in [-0.25, -0.2) is 9.18 Å². The molecular formula is C13H16FNO5. The van der Waals surface area contributed by atoms with Gasteiger partial charge < -0.3 is 19.9 Å². The van der Waals surface area contributed by atoms with Gasteiger partial charge in [0.25, 0.3) is 5.91 Å². The molecule has 1 aromatic carbocycles. The number of carbonyl (C=O) groups excluding carboxylic acids is 1. The maximum Gasteiger partial charge on any atom is 0.326 e. The van der Waals surface area contributed by atoms with Crippen molar-refractivity contribution in [3.8, 4) is 5.75 Å². The van der Waals surface area contributed by atoms with Crippen molar-refractivity contribution in [2.45, 2.75) is 12.5 Å². The van der Waals surface area contributed by atoms with Crippen LogP contribution in [0.5, 0.6) is 5.75 Å². The van der Waals surface area contributed by atoms with E-state index in [2.05, 4.69) is 5.32 Å². The third kappa shape index (κ3) is 3.92. The van der Waals surface area contributed by atoms with Crippen LogP contribution in [0, 0.1) is 5.82 Å². The fourth-order valence-electron chi connectivity index (χ4n) is 1.62. The highest BCUT2D eigenvalue weighted by Gasteiger charge is 2.24. The van der Waals surface area contributed by atoms with E-state index in [1.807, 2.05) is 0 Å². The summed E-state index contributed by atoms with van der Waals surface area (Å²) in [4.78, 5) is 23.0. The zero-order valence-corrected chi connectivity index (χ0v) is 11.2. The maximum absolute atomic E-state index is 13.7. The van der Waals surface area contributed by atoms with E-state index in [4.69, 9.17) is 14.6 Å². The van der Waals surface area contributed by atoms with Crippen molar-refractivity contribution >= 4 is 11.9 Å². The van der Waals surface area contributed by atoms with Crippen LogP contribution in [0.3, 0.4) is 0 Å². The van der Waals surface area contributed by atoms with Gasteiger partial charge in [-0.05, 0) is 12.1 Å². The monoisotopic (exact) mass is 285 g/mol. The molecule has 1 atom stereocenters. The summed E-state index contributed by atoms with van der Waals surface area (Å²) in [6.07, 6.45) is 0.0777. The smallest absolute Gasteiger partial charge is 0.326 e. The van der Waals surface area contributed by atoms with Gasteiger partial charge in [0.15, 0.2) is 0 Å². The van der Waals surface area contributed by atoms with E-state index in [9.17, 15) is 14.0 Å². The largest absolute Gasteiger partial charge is 0.496 e. The first-order chi connectivity index (χ1) is 9.51. The maximum atomic E-state index is 13.7. The minimum atomic E-state index is -1.22. The van der Waals surface area contributed by atoms with Crippen molar-refractivity contribution in [1.82, 2.24) is 5.32 Å². The molecule has 2 N–H and O–H groups in total. The average Bonchev–Trinajstić information content (AvgIpc) is 2.42. The second-order valence-corrected chi connectivity index (χ2v) is 3.96. The molecule has 20 heavy (non-hydrogen) atoms. The summed E-state index contributed by atoms with van der Waals surface area (Å²) in [7, 11) is 2.71. The third-order valence-corrected chi connectivity index (χ3v) is 2.64. The molecule has 110 valence electrons. The number of aliphatic carboxylic acids is 1. The molecule has 1 amide bonds. The van der Waals surface area contributed by atoms with Gasteiger partial charge in [0.2, 0.25) is 0 Å². The van der Waals surface area contributed by atoms with Crippen LogP contribution in [0.15, 0.2) is 18.2 Å². The van der Waals surface area contributed by atoms with Crippen molar-refractivity contribution in [2.75, 3.05) is 20.8 Å². The van der Waals surface area contributed by atoms with Crippen molar-refractivity contribution in [3.05, 3.63) is 29.6 Å².